The predicted octanol–water partition coefficient (Wildman–Crippen LogP) is 6.28. The van der Waals surface area contributed by atoms with Crippen LogP contribution in [-0.4, -0.2) is 0 Å². The summed E-state index contributed by atoms with van der Waals surface area (Å²) in [7, 11) is 2.13. The maximum Gasteiger partial charge on any atom is 0.216 e. The van der Waals surface area contributed by atoms with Gasteiger partial charge in [0.05, 0.1) is 5.56 Å². The molecule has 2 aromatic carbocycles. The molecule has 0 aliphatic carbocycles. The molecular formula is C25H28NO+. The van der Waals surface area contributed by atoms with Crippen LogP contribution in [0.4, 0.5) is 0 Å². The fraction of sp³-hybridized carbons (Fsp3) is 0.320. The number of aromatic nitrogens is 1. The van der Waals surface area contributed by atoms with E-state index in [0.29, 0.717) is 0 Å². The number of benzene rings is 2. The molecule has 27 heavy (non-hydrogen) atoms. The van der Waals surface area contributed by atoms with Crippen molar-refractivity contribution in [1.82, 2.24) is 0 Å². The minimum Gasteiger partial charge on any atom is -0.455 e. The fourth-order valence-corrected chi connectivity index (χ4v) is 4.01. The summed E-state index contributed by atoms with van der Waals surface area (Å²) in [5.74, 6) is 0. The molecule has 2 heterocycles. The molecule has 0 atom stereocenters. The molecule has 0 radical (unpaired) electrons. The highest BCUT2D eigenvalue weighted by atomic mass is 16.3. The van der Waals surface area contributed by atoms with Gasteiger partial charge in [-0.15, -0.1) is 0 Å². The Balaban J connectivity index is 1.93. The lowest BCUT2D eigenvalue weighted by molar-refractivity contribution is -0.660. The number of furan rings is 1. The predicted molar refractivity (Wildman–Crippen MR) is 113 cm³/mol. The molecule has 0 N–H and O–H groups in total. The molecule has 138 valence electrons. The second kappa shape index (κ2) is 6.23. The number of fused-ring (bicyclic) bond motifs is 3. The van der Waals surface area contributed by atoms with Gasteiger partial charge in [-0.2, -0.15) is 0 Å². The number of aryl methyl sites for hydroxylation is 3. The van der Waals surface area contributed by atoms with Crippen molar-refractivity contribution >= 4 is 21.9 Å². The second-order valence-corrected chi connectivity index (χ2v) is 9.01. The summed E-state index contributed by atoms with van der Waals surface area (Å²) in [5, 5.41) is 2.37. The SMILES string of the molecule is Cc1ccc2c(c1)oc1c(-c3ccc(CC(C)(C)C)c[n+]3C)c(C)ccc12. The largest absolute Gasteiger partial charge is 0.455 e. The fourth-order valence-electron chi connectivity index (χ4n) is 4.01. The zero-order valence-corrected chi connectivity index (χ0v) is 17.2. The van der Waals surface area contributed by atoms with Crippen molar-refractivity contribution in [3.63, 3.8) is 0 Å². The van der Waals surface area contributed by atoms with Crippen molar-refractivity contribution in [2.75, 3.05) is 0 Å². The molecule has 0 bridgehead atoms. The average molecular weight is 359 g/mol. The second-order valence-electron chi connectivity index (χ2n) is 9.01. The van der Waals surface area contributed by atoms with Crippen molar-refractivity contribution in [1.29, 1.82) is 0 Å². The average Bonchev–Trinajstić information content (AvgIpc) is 2.91. The van der Waals surface area contributed by atoms with E-state index in [4.69, 9.17) is 4.42 Å². The topological polar surface area (TPSA) is 17.0 Å². The summed E-state index contributed by atoms with van der Waals surface area (Å²) in [6, 6.07) is 15.3. The molecule has 0 aliphatic rings. The van der Waals surface area contributed by atoms with Crippen LogP contribution >= 0.6 is 0 Å². The van der Waals surface area contributed by atoms with E-state index in [-0.39, 0.29) is 5.41 Å². The van der Waals surface area contributed by atoms with Crippen LogP contribution in [-0.2, 0) is 13.5 Å². The quantitative estimate of drug-likeness (QED) is 0.385. The Morgan fingerprint density at radius 1 is 0.926 bits per heavy atom. The van der Waals surface area contributed by atoms with Gasteiger partial charge in [-0.05, 0) is 48.9 Å². The molecule has 0 saturated carbocycles. The van der Waals surface area contributed by atoms with Crippen LogP contribution in [0.5, 0.6) is 0 Å². The standard InChI is InChI=1S/C25H28NO/c1-16-7-10-19-20-11-8-17(2)23(24(20)27-22(19)13-16)21-12-9-18(15-26(21)6)14-25(3,4)5/h7-13,15H,14H2,1-6H3/q+1. The van der Waals surface area contributed by atoms with Gasteiger partial charge in [-0.25, -0.2) is 4.57 Å². The zero-order valence-electron chi connectivity index (χ0n) is 17.2. The summed E-state index contributed by atoms with van der Waals surface area (Å²) in [4.78, 5) is 0. The first-order valence-electron chi connectivity index (χ1n) is 9.64. The van der Waals surface area contributed by atoms with E-state index >= 15 is 0 Å². The third kappa shape index (κ3) is 3.25. The maximum absolute atomic E-state index is 6.35. The molecule has 0 unspecified atom stereocenters. The van der Waals surface area contributed by atoms with Gasteiger partial charge in [0.1, 0.15) is 18.2 Å². The van der Waals surface area contributed by atoms with Crippen molar-refractivity contribution in [3.05, 3.63) is 65.4 Å². The van der Waals surface area contributed by atoms with E-state index < -0.39 is 0 Å². The molecule has 0 amide bonds. The van der Waals surface area contributed by atoms with Crippen LogP contribution in [0, 0.1) is 19.3 Å². The van der Waals surface area contributed by atoms with Gasteiger partial charge in [0, 0.05) is 22.4 Å². The van der Waals surface area contributed by atoms with Gasteiger partial charge >= 0.3 is 0 Å². The van der Waals surface area contributed by atoms with Gasteiger partial charge in [0.25, 0.3) is 0 Å². The number of hydrogen-bond donors (Lipinski definition) is 0. The van der Waals surface area contributed by atoms with Gasteiger partial charge in [0.15, 0.2) is 6.20 Å². The molecule has 4 aromatic rings. The van der Waals surface area contributed by atoms with Crippen LogP contribution in [0.15, 0.2) is 53.1 Å². The Kier molecular flexibility index (Phi) is 4.10. The summed E-state index contributed by atoms with van der Waals surface area (Å²) in [5.41, 5.74) is 8.41. The Hall–Kier alpha value is -2.61. The number of hydrogen-bond acceptors (Lipinski definition) is 1. The Labute approximate surface area is 161 Å². The lowest BCUT2D eigenvalue weighted by Gasteiger charge is -2.17. The highest BCUT2D eigenvalue weighted by Crippen LogP contribution is 2.37. The lowest BCUT2D eigenvalue weighted by Crippen LogP contribution is -2.32. The van der Waals surface area contributed by atoms with E-state index in [2.05, 4.69) is 94.9 Å². The molecule has 0 saturated heterocycles. The van der Waals surface area contributed by atoms with Gasteiger partial charge in [-0.1, -0.05) is 45.0 Å². The van der Waals surface area contributed by atoms with Crippen molar-refractivity contribution in [2.24, 2.45) is 12.5 Å². The molecule has 0 fully saturated rings. The summed E-state index contributed by atoms with van der Waals surface area (Å²) in [6.07, 6.45) is 3.32. The van der Waals surface area contributed by atoms with Crippen LogP contribution in [0.2, 0.25) is 0 Å². The monoisotopic (exact) mass is 358 g/mol. The Morgan fingerprint density at radius 3 is 2.37 bits per heavy atom. The lowest BCUT2D eigenvalue weighted by atomic mass is 9.88. The zero-order chi connectivity index (χ0) is 19.3. The van der Waals surface area contributed by atoms with Crippen LogP contribution in [0.25, 0.3) is 33.2 Å². The third-order valence-electron chi connectivity index (χ3n) is 5.19. The molecule has 0 spiro atoms. The smallest absolute Gasteiger partial charge is 0.216 e. The normalized spacial score (nSPS) is 12.2. The highest BCUT2D eigenvalue weighted by molar-refractivity contribution is 6.09. The first-order valence-corrected chi connectivity index (χ1v) is 9.64. The van der Waals surface area contributed by atoms with Crippen molar-refractivity contribution in [2.45, 2.75) is 41.0 Å². The minimum atomic E-state index is 0.279. The summed E-state index contributed by atoms with van der Waals surface area (Å²) < 4.78 is 8.59. The molecule has 4 rings (SSSR count). The highest BCUT2D eigenvalue weighted by Gasteiger charge is 2.21. The molecule has 0 aliphatic heterocycles. The van der Waals surface area contributed by atoms with Crippen molar-refractivity contribution < 1.29 is 8.98 Å². The van der Waals surface area contributed by atoms with Gasteiger partial charge < -0.3 is 4.42 Å². The first-order chi connectivity index (χ1) is 12.7. The van der Waals surface area contributed by atoms with Gasteiger partial charge in [-0.3, -0.25) is 0 Å². The molecule has 2 heteroatoms. The number of rotatable bonds is 2. The van der Waals surface area contributed by atoms with E-state index in [9.17, 15) is 0 Å². The maximum atomic E-state index is 6.35. The molecule has 2 nitrogen and oxygen atoms in total. The first kappa shape index (κ1) is 17.8. The van der Waals surface area contributed by atoms with E-state index in [1.54, 1.807) is 0 Å². The van der Waals surface area contributed by atoms with Crippen molar-refractivity contribution in [3.8, 4) is 11.3 Å². The number of pyridine rings is 1. The summed E-state index contributed by atoms with van der Waals surface area (Å²) >= 11 is 0. The van der Waals surface area contributed by atoms with Gasteiger partial charge in [0.2, 0.25) is 5.69 Å². The van der Waals surface area contributed by atoms with Crippen LogP contribution in [0.1, 0.15) is 37.5 Å². The summed E-state index contributed by atoms with van der Waals surface area (Å²) in [6.45, 7) is 11.1. The van der Waals surface area contributed by atoms with E-state index in [1.807, 2.05) is 0 Å². The minimum absolute atomic E-state index is 0.279. The van der Waals surface area contributed by atoms with E-state index in [0.717, 1.165) is 17.6 Å². The van der Waals surface area contributed by atoms with Crippen LogP contribution in [0.3, 0.4) is 0 Å². The number of nitrogens with zero attached hydrogens (tertiary/aromatic N) is 1. The van der Waals surface area contributed by atoms with Crippen LogP contribution < -0.4 is 4.57 Å². The molecule has 2 aromatic heterocycles. The Morgan fingerprint density at radius 2 is 1.67 bits per heavy atom. The third-order valence-corrected chi connectivity index (χ3v) is 5.19. The Bertz CT molecular complexity index is 1160. The molecular weight excluding hydrogens is 330 g/mol. The van der Waals surface area contributed by atoms with E-state index in [1.165, 1.54) is 38.7 Å².